The van der Waals surface area contributed by atoms with Gasteiger partial charge in [0.2, 0.25) is 0 Å². The van der Waals surface area contributed by atoms with Crippen molar-refractivity contribution in [1.29, 1.82) is 0 Å². The van der Waals surface area contributed by atoms with Gasteiger partial charge in [0.1, 0.15) is 0 Å². The Bertz CT molecular complexity index is 1110. The van der Waals surface area contributed by atoms with E-state index in [4.69, 9.17) is 4.74 Å². The molecule has 4 rings (SSSR count). The van der Waals surface area contributed by atoms with E-state index in [1.807, 2.05) is 34.0 Å². The van der Waals surface area contributed by atoms with Crippen molar-refractivity contribution in [3.8, 4) is 0 Å². The first-order valence-corrected chi connectivity index (χ1v) is 14.4. The lowest BCUT2D eigenvalue weighted by atomic mass is 9.87. The van der Waals surface area contributed by atoms with Crippen LogP contribution in [0.1, 0.15) is 96.1 Å². The van der Waals surface area contributed by atoms with E-state index in [2.05, 4.69) is 46.5 Å². The zero-order valence-corrected chi connectivity index (χ0v) is 24.3. The molecule has 210 valence electrons. The zero-order chi connectivity index (χ0) is 27.7. The van der Waals surface area contributed by atoms with Crippen LogP contribution in [0.25, 0.3) is 0 Å². The van der Waals surface area contributed by atoms with Crippen molar-refractivity contribution < 1.29 is 9.53 Å². The summed E-state index contributed by atoms with van der Waals surface area (Å²) < 4.78 is 5.61. The first-order valence-electron chi connectivity index (χ1n) is 14.4. The number of pyridine rings is 1. The second kappa shape index (κ2) is 14.5. The second-order valence-electron chi connectivity index (χ2n) is 10.8. The number of hydrogen-bond donors (Lipinski definition) is 3. The van der Waals surface area contributed by atoms with Crippen LogP contribution in [0.5, 0.6) is 0 Å². The average Bonchev–Trinajstić information content (AvgIpc) is 2.91. The Labute approximate surface area is 228 Å². The maximum absolute atomic E-state index is 13.5. The van der Waals surface area contributed by atoms with Gasteiger partial charge in [-0.3, -0.25) is 9.59 Å². The van der Waals surface area contributed by atoms with Crippen molar-refractivity contribution in [3.05, 3.63) is 62.1 Å². The van der Waals surface area contributed by atoms with Crippen LogP contribution >= 0.6 is 0 Å². The highest BCUT2D eigenvalue weighted by atomic mass is 16.5. The van der Waals surface area contributed by atoms with E-state index in [0.29, 0.717) is 17.5 Å². The van der Waals surface area contributed by atoms with Crippen molar-refractivity contribution in [2.45, 2.75) is 91.1 Å². The number of aromatic amines is 1. The van der Waals surface area contributed by atoms with Crippen LogP contribution < -0.4 is 21.1 Å². The molecule has 1 amide bonds. The number of hydrogen-bond acceptors (Lipinski definition) is 5. The lowest BCUT2D eigenvalue weighted by molar-refractivity contribution is 0.0853. The first kappa shape index (κ1) is 29.9. The van der Waals surface area contributed by atoms with E-state index >= 15 is 0 Å². The normalized spacial score (nSPS) is 16.5. The summed E-state index contributed by atoms with van der Waals surface area (Å²) in [5.41, 5.74) is 6.38. The number of ether oxygens (including phenoxy) is 1. The molecule has 2 aliphatic rings. The summed E-state index contributed by atoms with van der Waals surface area (Å²) in [4.78, 5) is 31.4. The maximum atomic E-state index is 13.5. The third-order valence-electron chi connectivity index (χ3n) is 7.93. The molecule has 1 saturated carbocycles. The third kappa shape index (κ3) is 7.48. The van der Waals surface area contributed by atoms with Gasteiger partial charge in [-0.05, 0) is 108 Å². The van der Waals surface area contributed by atoms with Crippen LogP contribution in [0.4, 0.5) is 5.69 Å². The fourth-order valence-electron chi connectivity index (χ4n) is 5.90. The van der Waals surface area contributed by atoms with Crippen LogP contribution in [0.15, 0.2) is 23.0 Å². The van der Waals surface area contributed by atoms with Gasteiger partial charge in [0.15, 0.2) is 0 Å². The van der Waals surface area contributed by atoms with Crippen LogP contribution in [0, 0.1) is 20.8 Å². The van der Waals surface area contributed by atoms with Gasteiger partial charge in [-0.2, -0.15) is 0 Å². The van der Waals surface area contributed by atoms with Gasteiger partial charge in [0, 0.05) is 54.9 Å². The summed E-state index contributed by atoms with van der Waals surface area (Å²) in [7, 11) is 3.75. The van der Waals surface area contributed by atoms with Crippen molar-refractivity contribution in [3.63, 3.8) is 0 Å². The van der Waals surface area contributed by atoms with Crippen LogP contribution in [-0.4, -0.2) is 50.8 Å². The minimum atomic E-state index is -0.134. The summed E-state index contributed by atoms with van der Waals surface area (Å²) in [6, 6.07) is 6.91. The fourth-order valence-corrected chi connectivity index (χ4v) is 5.90. The molecule has 38 heavy (non-hydrogen) atoms. The molecule has 3 N–H and O–H groups in total. The number of carbonyl (C=O) groups excluding carboxylic acids is 1. The van der Waals surface area contributed by atoms with Crippen molar-refractivity contribution in [2.24, 2.45) is 0 Å². The SMILES string of the molecule is CCN(c1cc(C2CCOCC2)cc(C(=O)NCc2c(C)cc(C)[nH]c2=O)c1C)C1CCCCC1.CNC. The molecule has 0 atom stereocenters. The molecule has 0 bridgehead atoms. The first-order chi connectivity index (χ1) is 18.3. The molecular formula is C31H48N4O3. The predicted octanol–water partition coefficient (Wildman–Crippen LogP) is 5.12. The lowest BCUT2D eigenvalue weighted by Gasteiger charge is -2.37. The largest absolute Gasteiger partial charge is 0.381 e. The van der Waals surface area contributed by atoms with Gasteiger partial charge in [0.25, 0.3) is 11.5 Å². The molecular weight excluding hydrogens is 476 g/mol. The molecule has 1 aromatic carbocycles. The Morgan fingerprint density at radius 1 is 1.03 bits per heavy atom. The summed E-state index contributed by atoms with van der Waals surface area (Å²) in [6.07, 6.45) is 8.27. The zero-order valence-electron chi connectivity index (χ0n) is 24.3. The van der Waals surface area contributed by atoms with Gasteiger partial charge in [0.05, 0.1) is 0 Å². The number of amides is 1. The van der Waals surface area contributed by atoms with Gasteiger partial charge in [-0.25, -0.2) is 0 Å². The van der Waals surface area contributed by atoms with E-state index in [1.54, 1.807) is 0 Å². The smallest absolute Gasteiger partial charge is 0.253 e. The quantitative estimate of drug-likeness (QED) is 0.468. The number of benzene rings is 1. The van der Waals surface area contributed by atoms with Gasteiger partial charge >= 0.3 is 0 Å². The molecule has 1 saturated heterocycles. The Kier molecular flexibility index (Phi) is 11.4. The molecule has 0 radical (unpaired) electrons. The van der Waals surface area contributed by atoms with Crippen molar-refractivity contribution in [1.82, 2.24) is 15.6 Å². The molecule has 7 heteroatoms. The Hall–Kier alpha value is -2.64. The molecule has 0 unspecified atom stereocenters. The summed E-state index contributed by atoms with van der Waals surface area (Å²) in [5, 5.41) is 5.80. The molecule has 1 aliphatic heterocycles. The van der Waals surface area contributed by atoms with Crippen LogP contribution in [0.2, 0.25) is 0 Å². The summed E-state index contributed by atoms with van der Waals surface area (Å²) in [5.74, 6) is 0.290. The van der Waals surface area contributed by atoms with Gasteiger partial charge in [-0.15, -0.1) is 0 Å². The van der Waals surface area contributed by atoms with E-state index in [9.17, 15) is 9.59 Å². The fraction of sp³-hybridized carbons (Fsp3) is 0.613. The minimum absolute atomic E-state index is 0.114. The van der Waals surface area contributed by atoms with Crippen molar-refractivity contribution in [2.75, 3.05) is 38.8 Å². The number of rotatable bonds is 7. The summed E-state index contributed by atoms with van der Waals surface area (Å²) >= 11 is 0. The number of aromatic nitrogens is 1. The number of aryl methyl sites for hydroxylation is 2. The average molecular weight is 525 g/mol. The molecule has 7 nitrogen and oxygen atoms in total. The highest BCUT2D eigenvalue weighted by Crippen LogP contribution is 2.36. The standard InChI is InChI=1S/C29H41N3O3.C2H7N/c1-5-32(24-9-7-6-8-10-24)27-17-23(22-11-13-35-14-12-22)16-25(21(27)4)28(33)30-18-26-19(2)15-20(3)31-29(26)34;1-3-2/h15-17,22,24H,5-14,18H2,1-4H3,(H,30,33)(H,31,34);3H,1-2H3. The Balaban J connectivity index is 0.00000127. The molecule has 2 aromatic rings. The van der Waals surface area contributed by atoms with E-state index in [-0.39, 0.29) is 18.0 Å². The minimum Gasteiger partial charge on any atom is -0.381 e. The molecule has 2 heterocycles. The molecule has 1 aliphatic carbocycles. The van der Waals surface area contributed by atoms with Crippen LogP contribution in [0.3, 0.4) is 0 Å². The molecule has 0 spiro atoms. The molecule has 2 fully saturated rings. The van der Waals surface area contributed by atoms with E-state index in [0.717, 1.165) is 55.0 Å². The topological polar surface area (TPSA) is 86.5 Å². The second-order valence-corrected chi connectivity index (χ2v) is 10.8. The number of H-pyrrole nitrogens is 1. The maximum Gasteiger partial charge on any atom is 0.253 e. The highest BCUT2D eigenvalue weighted by molar-refractivity contribution is 5.97. The third-order valence-corrected chi connectivity index (χ3v) is 7.93. The lowest BCUT2D eigenvalue weighted by Crippen LogP contribution is -2.38. The van der Waals surface area contributed by atoms with Gasteiger partial charge < -0.3 is 25.3 Å². The highest BCUT2D eigenvalue weighted by Gasteiger charge is 2.26. The molecule has 1 aromatic heterocycles. The van der Waals surface area contributed by atoms with E-state index < -0.39 is 0 Å². The van der Waals surface area contributed by atoms with Gasteiger partial charge in [-0.1, -0.05) is 19.3 Å². The number of anilines is 1. The van der Waals surface area contributed by atoms with Crippen LogP contribution in [-0.2, 0) is 11.3 Å². The number of carbonyl (C=O) groups is 1. The number of nitrogens with one attached hydrogen (secondary N) is 3. The summed E-state index contributed by atoms with van der Waals surface area (Å²) in [6.45, 7) is 10.8. The Morgan fingerprint density at radius 2 is 1.68 bits per heavy atom. The monoisotopic (exact) mass is 524 g/mol. The Morgan fingerprint density at radius 3 is 2.29 bits per heavy atom. The predicted molar refractivity (Wildman–Crippen MR) is 157 cm³/mol. The number of nitrogens with zero attached hydrogens (tertiary/aromatic N) is 1. The van der Waals surface area contributed by atoms with E-state index in [1.165, 1.54) is 43.4 Å². The van der Waals surface area contributed by atoms with Crippen molar-refractivity contribution >= 4 is 11.6 Å².